The summed E-state index contributed by atoms with van der Waals surface area (Å²) < 4.78 is 16.3. The van der Waals surface area contributed by atoms with Gasteiger partial charge in [0.2, 0.25) is 0 Å². The first-order valence-corrected chi connectivity index (χ1v) is 7.83. The lowest BCUT2D eigenvalue weighted by Gasteiger charge is -2.08. The van der Waals surface area contributed by atoms with Crippen molar-refractivity contribution in [3.8, 4) is 5.75 Å². The first kappa shape index (κ1) is 14.6. The molecule has 0 aliphatic rings. The molecule has 1 aromatic carbocycles. The molecule has 0 radical (unpaired) electrons. The van der Waals surface area contributed by atoms with Gasteiger partial charge in [-0.2, -0.15) is 0 Å². The quantitative estimate of drug-likeness (QED) is 0.540. The fraction of sp³-hybridized carbons (Fsp3) is 0.267. The van der Waals surface area contributed by atoms with Gasteiger partial charge < -0.3 is 13.6 Å². The zero-order chi connectivity index (χ0) is 15.7. The molecule has 0 saturated heterocycles. The maximum Gasteiger partial charge on any atom is 0.336 e. The molecule has 22 heavy (non-hydrogen) atoms. The van der Waals surface area contributed by atoms with Crippen LogP contribution < -0.4 is 10.4 Å². The van der Waals surface area contributed by atoms with Gasteiger partial charge in [0, 0.05) is 17.5 Å². The van der Waals surface area contributed by atoms with Crippen LogP contribution in [0.2, 0.25) is 0 Å². The van der Waals surface area contributed by atoms with Crippen LogP contribution in [-0.4, -0.2) is 16.5 Å². The highest BCUT2D eigenvalue weighted by Crippen LogP contribution is 2.27. The lowest BCUT2D eigenvalue weighted by molar-refractivity contribution is 0.252. The largest absolute Gasteiger partial charge is 0.484 e. The normalized spacial score (nSPS) is 11.0. The highest BCUT2D eigenvalue weighted by Gasteiger charge is 2.10. The van der Waals surface area contributed by atoms with Crippen LogP contribution in [0.3, 0.4) is 0 Å². The molecule has 2 aromatic heterocycles. The second-order valence-corrected chi connectivity index (χ2v) is 5.57. The molecule has 0 saturated carbocycles. The van der Waals surface area contributed by atoms with Gasteiger partial charge in [-0.15, -0.1) is 10.2 Å². The third-order valence-corrected chi connectivity index (χ3v) is 3.71. The molecule has 3 aromatic rings. The molecule has 0 aliphatic carbocycles. The van der Waals surface area contributed by atoms with Crippen LogP contribution in [-0.2, 0) is 6.61 Å². The van der Waals surface area contributed by atoms with E-state index in [1.807, 2.05) is 26.2 Å². The number of benzene rings is 1. The molecule has 0 unspecified atom stereocenters. The molecule has 0 fully saturated rings. The zero-order valence-electron chi connectivity index (χ0n) is 12.4. The molecule has 0 atom stereocenters. The lowest BCUT2D eigenvalue weighted by Crippen LogP contribution is -2.00. The first-order valence-electron chi connectivity index (χ1n) is 6.61. The van der Waals surface area contributed by atoms with Gasteiger partial charge in [0.05, 0.1) is 0 Å². The Morgan fingerprint density at radius 3 is 2.64 bits per heavy atom. The van der Waals surface area contributed by atoms with Gasteiger partial charge >= 0.3 is 5.63 Å². The average molecular weight is 318 g/mol. The van der Waals surface area contributed by atoms with E-state index in [2.05, 4.69) is 10.2 Å². The summed E-state index contributed by atoms with van der Waals surface area (Å²) in [6.07, 6.45) is 1.86. The number of nitrogens with zero attached hydrogens (tertiary/aromatic N) is 2. The number of thioether (sulfide) groups is 1. The van der Waals surface area contributed by atoms with Crippen LogP contribution in [0.5, 0.6) is 5.75 Å². The van der Waals surface area contributed by atoms with Gasteiger partial charge in [0.25, 0.3) is 11.1 Å². The van der Waals surface area contributed by atoms with Gasteiger partial charge in [-0.3, -0.25) is 0 Å². The molecule has 0 bridgehead atoms. The van der Waals surface area contributed by atoms with Crippen LogP contribution in [0.4, 0.5) is 0 Å². The van der Waals surface area contributed by atoms with E-state index >= 15 is 0 Å². The van der Waals surface area contributed by atoms with Crippen molar-refractivity contribution in [2.24, 2.45) is 0 Å². The van der Waals surface area contributed by atoms with Crippen LogP contribution in [0.25, 0.3) is 11.0 Å². The predicted molar refractivity (Wildman–Crippen MR) is 82.4 cm³/mol. The number of ether oxygens (including phenoxy) is 1. The molecule has 0 aliphatic heterocycles. The second-order valence-electron chi connectivity index (χ2n) is 4.82. The Hall–Kier alpha value is -2.28. The van der Waals surface area contributed by atoms with E-state index in [4.69, 9.17) is 13.6 Å². The minimum atomic E-state index is -0.372. The molecule has 7 heteroatoms. The van der Waals surface area contributed by atoms with Crippen LogP contribution in [0.15, 0.2) is 37.1 Å². The maximum atomic E-state index is 11.5. The van der Waals surface area contributed by atoms with E-state index in [0.717, 1.165) is 16.5 Å². The van der Waals surface area contributed by atoms with Crippen LogP contribution >= 0.6 is 11.8 Å². The Morgan fingerprint density at radius 1 is 1.14 bits per heavy atom. The lowest BCUT2D eigenvalue weighted by atomic mass is 10.1. The van der Waals surface area contributed by atoms with Crippen molar-refractivity contribution in [3.05, 3.63) is 45.6 Å². The number of rotatable bonds is 4. The second kappa shape index (κ2) is 5.84. The molecule has 0 amide bonds. The summed E-state index contributed by atoms with van der Waals surface area (Å²) in [7, 11) is 0. The number of fused-ring (bicyclic) bond motifs is 1. The van der Waals surface area contributed by atoms with E-state index in [1.54, 1.807) is 6.07 Å². The molecule has 0 N–H and O–H groups in total. The highest BCUT2D eigenvalue weighted by molar-refractivity contribution is 7.98. The van der Waals surface area contributed by atoms with Gasteiger partial charge in [-0.1, -0.05) is 11.8 Å². The van der Waals surface area contributed by atoms with Crippen molar-refractivity contribution < 1.29 is 13.6 Å². The predicted octanol–water partition coefficient (Wildman–Crippen LogP) is 3.09. The van der Waals surface area contributed by atoms with Crippen molar-refractivity contribution in [1.82, 2.24) is 10.2 Å². The first-order chi connectivity index (χ1) is 10.6. The van der Waals surface area contributed by atoms with Crippen molar-refractivity contribution >= 4 is 22.7 Å². The Morgan fingerprint density at radius 2 is 1.91 bits per heavy atom. The van der Waals surface area contributed by atoms with E-state index < -0.39 is 0 Å². The van der Waals surface area contributed by atoms with Gasteiger partial charge in [0.1, 0.15) is 11.3 Å². The minimum absolute atomic E-state index is 0.161. The number of aryl methyl sites for hydroxylation is 2. The van der Waals surface area contributed by atoms with Crippen LogP contribution in [0.1, 0.15) is 17.0 Å². The van der Waals surface area contributed by atoms with E-state index in [0.29, 0.717) is 22.4 Å². The smallest absolute Gasteiger partial charge is 0.336 e. The fourth-order valence-electron chi connectivity index (χ4n) is 2.30. The van der Waals surface area contributed by atoms with Crippen molar-refractivity contribution in [3.63, 3.8) is 0 Å². The SMILES string of the molecule is CSc1nnc(COc2cc(C)c3c(C)cc(=O)oc3c2)o1. The Bertz CT molecular complexity index is 885. The summed E-state index contributed by atoms with van der Waals surface area (Å²) in [5.41, 5.74) is 2.00. The Labute approximate surface area is 130 Å². The topological polar surface area (TPSA) is 78.4 Å². The third kappa shape index (κ3) is 2.85. The average Bonchev–Trinajstić information content (AvgIpc) is 2.92. The van der Waals surface area contributed by atoms with E-state index in [-0.39, 0.29) is 12.2 Å². The van der Waals surface area contributed by atoms with E-state index in [9.17, 15) is 4.79 Å². The van der Waals surface area contributed by atoms with Crippen molar-refractivity contribution in [1.29, 1.82) is 0 Å². The molecule has 3 rings (SSSR count). The molecule has 0 spiro atoms. The monoisotopic (exact) mass is 318 g/mol. The molecule has 114 valence electrons. The van der Waals surface area contributed by atoms with Crippen LogP contribution in [0, 0.1) is 13.8 Å². The number of aromatic nitrogens is 2. The van der Waals surface area contributed by atoms with Gasteiger partial charge in [0.15, 0.2) is 6.61 Å². The minimum Gasteiger partial charge on any atom is -0.484 e. The zero-order valence-corrected chi connectivity index (χ0v) is 13.2. The summed E-state index contributed by atoms with van der Waals surface area (Å²) in [6, 6.07) is 5.07. The molecular weight excluding hydrogens is 304 g/mol. The van der Waals surface area contributed by atoms with Crippen molar-refractivity contribution in [2.75, 3.05) is 6.26 Å². The number of hydrogen-bond acceptors (Lipinski definition) is 7. The molecular formula is C15H14N2O4S. The summed E-state index contributed by atoms with van der Waals surface area (Å²) in [6.45, 7) is 3.99. The summed E-state index contributed by atoms with van der Waals surface area (Å²) in [4.78, 5) is 11.5. The maximum absolute atomic E-state index is 11.5. The van der Waals surface area contributed by atoms with E-state index in [1.165, 1.54) is 17.8 Å². The Kier molecular flexibility index (Phi) is 3.89. The van der Waals surface area contributed by atoms with Gasteiger partial charge in [-0.05, 0) is 37.3 Å². The number of hydrogen-bond donors (Lipinski definition) is 0. The third-order valence-electron chi connectivity index (χ3n) is 3.20. The van der Waals surface area contributed by atoms with Crippen molar-refractivity contribution in [2.45, 2.75) is 25.7 Å². The fourth-order valence-corrected chi connectivity index (χ4v) is 2.60. The Balaban J connectivity index is 1.89. The summed E-state index contributed by atoms with van der Waals surface area (Å²) >= 11 is 1.37. The summed E-state index contributed by atoms with van der Waals surface area (Å²) in [5.74, 6) is 0.982. The highest BCUT2D eigenvalue weighted by atomic mass is 32.2. The van der Waals surface area contributed by atoms with Gasteiger partial charge in [-0.25, -0.2) is 4.79 Å². The molecule has 6 nitrogen and oxygen atoms in total. The standard InChI is InChI=1S/C15H14N2O4S/c1-8-4-10(19-7-12-16-17-15(21-12)22-3)6-11-14(8)9(2)5-13(18)20-11/h4-6H,7H2,1-3H3. The summed E-state index contributed by atoms with van der Waals surface area (Å²) in [5, 5.41) is 9.14. The molecule has 2 heterocycles.